The Kier molecular flexibility index (Phi) is 5.59. The highest BCUT2D eigenvalue weighted by molar-refractivity contribution is 7.89. The molecular formula is C21H21N3O4S2. The van der Waals surface area contributed by atoms with Crippen molar-refractivity contribution in [2.45, 2.75) is 24.7 Å². The van der Waals surface area contributed by atoms with Gasteiger partial charge >= 0.3 is 5.63 Å². The Labute approximate surface area is 179 Å². The Bertz CT molecular complexity index is 1260. The molecule has 4 rings (SSSR count). The van der Waals surface area contributed by atoms with E-state index in [2.05, 4.69) is 10.6 Å². The lowest BCUT2D eigenvalue weighted by Gasteiger charge is -2.16. The van der Waals surface area contributed by atoms with E-state index in [1.807, 2.05) is 19.1 Å². The van der Waals surface area contributed by atoms with E-state index in [1.165, 1.54) is 10.4 Å². The highest BCUT2D eigenvalue weighted by Gasteiger charge is 2.26. The number of fused-ring (bicyclic) bond motifs is 1. The minimum atomic E-state index is -3.44. The fraction of sp³-hybridized carbons (Fsp3) is 0.238. The summed E-state index contributed by atoms with van der Waals surface area (Å²) >= 11 is 5.34. The summed E-state index contributed by atoms with van der Waals surface area (Å²) in [5, 5.41) is 7.26. The third-order valence-corrected chi connectivity index (χ3v) is 7.14. The highest BCUT2D eigenvalue weighted by Crippen LogP contribution is 2.23. The van der Waals surface area contributed by atoms with Gasteiger partial charge in [-0.25, -0.2) is 13.2 Å². The van der Waals surface area contributed by atoms with Crippen LogP contribution in [0.1, 0.15) is 18.4 Å². The lowest BCUT2D eigenvalue weighted by Crippen LogP contribution is -2.27. The Hall–Kier alpha value is -2.75. The van der Waals surface area contributed by atoms with Gasteiger partial charge in [0.2, 0.25) is 10.0 Å². The maximum atomic E-state index is 12.6. The highest BCUT2D eigenvalue weighted by atomic mass is 32.2. The predicted octanol–water partition coefficient (Wildman–Crippen LogP) is 3.69. The Balaban J connectivity index is 1.45. The molecule has 0 aliphatic carbocycles. The van der Waals surface area contributed by atoms with Crippen LogP contribution in [0.4, 0.5) is 11.4 Å². The summed E-state index contributed by atoms with van der Waals surface area (Å²) in [6.07, 6.45) is 1.80. The first kappa shape index (κ1) is 20.5. The van der Waals surface area contributed by atoms with Crippen LogP contribution in [0.2, 0.25) is 0 Å². The molecule has 1 fully saturated rings. The fourth-order valence-electron chi connectivity index (χ4n) is 3.48. The molecule has 1 aliphatic heterocycles. The van der Waals surface area contributed by atoms with Crippen LogP contribution in [0, 0.1) is 6.92 Å². The van der Waals surface area contributed by atoms with E-state index in [1.54, 1.807) is 30.3 Å². The lowest BCUT2D eigenvalue weighted by atomic mass is 10.1. The Morgan fingerprint density at radius 3 is 2.33 bits per heavy atom. The molecule has 30 heavy (non-hydrogen) atoms. The van der Waals surface area contributed by atoms with Crippen LogP contribution in [0.5, 0.6) is 0 Å². The molecule has 1 saturated heterocycles. The van der Waals surface area contributed by atoms with Gasteiger partial charge in [0.1, 0.15) is 5.58 Å². The third kappa shape index (κ3) is 4.23. The molecule has 9 heteroatoms. The van der Waals surface area contributed by atoms with Crippen LogP contribution < -0.4 is 16.3 Å². The summed E-state index contributed by atoms with van der Waals surface area (Å²) in [6, 6.07) is 13.4. The number of nitrogens with one attached hydrogen (secondary N) is 2. The molecule has 0 unspecified atom stereocenters. The molecular weight excluding hydrogens is 422 g/mol. The number of aryl methyl sites for hydroxylation is 1. The molecule has 156 valence electrons. The summed E-state index contributed by atoms with van der Waals surface area (Å²) in [5.74, 6) is 0. The average molecular weight is 444 g/mol. The van der Waals surface area contributed by atoms with Gasteiger partial charge in [0.15, 0.2) is 5.11 Å². The molecule has 2 heterocycles. The van der Waals surface area contributed by atoms with Crippen LogP contribution in [0.15, 0.2) is 62.6 Å². The fourth-order valence-corrected chi connectivity index (χ4v) is 5.24. The second kappa shape index (κ2) is 8.17. The van der Waals surface area contributed by atoms with Crippen molar-refractivity contribution in [3.8, 4) is 0 Å². The Morgan fingerprint density at radius 1 is 1.00 bits per heavy atom. The van der Waals surface area contributed by atoms with Gasteiger partial charge in [0.25, 0.3) is 0 Å². The first-order chi connectivity index (χ1) is 14.3. The summed E-state index contributed by atoms with van der Waals surface area (Å²) in [4.78, 5) is 11.9. The van der Waals surface area contributed by atoms with Crippen molar-refractivity contribution >= 4 is 49.7 Å². The zero-order valence-electron chi connectivity index (χ0n) is 16.3. The molecule has 0 saturated carbocycles. The van der Waals surface area contributed by atoms with Crippen molar-refractivity contribution in [3.05, 3.63) is 64.5 Å². The van der Waals surface area contributed by atoms with Crippen LogP contribution in [-0.2, 0) is 10.0 Å². The number of thiocarbonyl (C=S) groups is 1. The zero-order chi connectivity index (χ0) is 21.3. The third-order valence-electron chi connectivity index (χ3n) is 5.02. The minimum Gasteiger partial charge on any atom is -0.423 e. The van der Waals surface area contributed by atoms with Crippen molar-refractivity contribution in [1.29, 1.82) is 0 Å². The molecule has 0 bridgehead atoms. The first-order valence-corrected chi connectivity index (χ1v) is 11.4. The van der Waals surface area contributed by atoms with Gasteiger partial charge < -0.3 is 15.1 Å². The predicted molar refractivity (Wildman–Crippen MR) is 121 cm³/mol. The molecule has 0 spiro atoms. The van der Waals surface area contributed by atoms with Gasteiger partial charge in [0.05, 0.1) is 4.90 Å². The molecule has 1 aliphatic rings. The average Bonchev–Trinajstić information content (AvgIpc) is 3.23. The topological polar surface area (TPSA) is 91.6 Å². The summed E-state index contributed by atoms with van der Waals surface area (Å²) in [5.41, 5.74) is 2.25. The first-order valence-electron chi connectivity index (χ1n) is 9.56. The van der Waals surface area contributed by atoms with Crippen molar-refractivity contribution in [1.82, 2.24) is 4.31 Å². The van der Waals surface area contributed by atoms with Gasteiger partial charge in [-0.3, -0.25) is 0 Å². The van der Waals surface area contributed by atoms with Crippen molar-refractivity contribution in [3.63, 3.8) is 0 Å². The van der Waals surface area contributed by atoms with Crippen LogP contribution in [-0.4, -0.2) is 30.9 Å². The summed E-state index contributed by atoms with van der Waals surface area (Å²) in [6.45, 7) is 3.00. The van der Waals surface area contributed by atoms with E-state index in [9.17, 15) is 13.2 Å². The van der Waals surface area contributed by atoms with Crippen LogP contribution >= 0.6 is 12.2 Å². The van der Waals surface area contributed by atoms with Gasteiger partial charge in [-0.15, -0.1) is 0 Å². The summed E-state index contributed by atoms with van der Waals surface area (Å²) < 4.78 is 32.0. The molecule has 0 atom stereocenters. The van der Waals surface area contributed by atoms with Crippen molar-refractivity contribution in [2.75, 3.05) is 23.7 Å². The van der Waals surface area contributed by atoms with Crippen LogP contribution in [0.3, 0.4) is 0 Å². The van der Waals surface area contributed by atoms with Crippen LogP contribution in [0.25, 0.3) is 11.0 Å². The summed E-state index contributed by atoms with van der Waals surface area (Å²) in [7, 11) is -3.44. The molecule has 2 N–H and O–H groups in total. The number of hydrogen-bond acceptors (Lipinski definition) is 5. The van der Waals surface area contributed by atoms with Gasteiger partial charge in [-0.05, 0) is 73.9 Å². The second-order valence-corrected chi connectivity index (χ2v) is 9.52. The van der Waals surface area contributed by atoms with Gasteiger partial charge in [0, 0.05) is 42.0 Å². The molecule has 0 amide bonds. The maximum Gasteiger partial charge on any atom is 0.336 e. The SMILES string of the molecule is Cc1cc(=O)oc2cc(NC(=S)Nc3ccc(S(=O)(=O)N4CCCC4)cc3)ccc12. The monoisotopic (exact) mass is 443 g/mol. The van der Waals surface area contributed by atoms with Crippen molar-refractivity contribution in [2.24, 2.45) is 0 Å². The number of sulfonamides is 1. The lowest BCUT2D eigenvalue weighted by molar-refractivity contribution is 0.477. The molecule has 2 aromatic carbocycles. The van der Waals surface area contributed by atoms with E-state index < -0.39 is 15.6 Å². The van der Waals surface area contributed by atoms with E-state index >= 15 is 0 Å². The Morgan fingerprint density at radius 2 is 1.63 bits per heavy atom. The minimum absolute atomic E-state index is 0.272. The van der Waals surface area contributed by atoms with E-state index in [4.69, 9.17) is 16.6 Å². The normalized spacial score (nSPS) is 14.7. The second-order valence-electron chi connectivity index (χ2n) is 7.17. The largest absolute Gasteiger partial charge is 0.423 e. The molecule has 3 aromatic rings. The van der Waals surface area contributed by atoms with E-state index in [0.29, 0.717) is 35.2 Å². The zero-order valence-corrected chi connectivity index (χ0v) is 18.0. The van der Waals surface area contributed by atoms with Crippen molar-refractivity contribution < 1.29 is 12.8 Å². The number of anilines is 2. The molecule has 7 nitrogen and oxygen atoms in total. The van der Waals surface area contributed by atoms with Gasteiger partial charge in [-0.2, -0.15) is 4.31 Å². The number of benzene rings is 2. The van der Waals surface area contributed by atoms with E-state index in [-0.39, 0.29) is 4.90 Å². The molecule has 0 radical (unpaired) electrons. The van der Waals surface area contributed by atoms with Gasteiger partial charge in [-0.1, -0.05) is 0 Å². The quantitative estimate of drug-likeness (QED) is 0.469. The number of nitrogens with zero attached hydrogens (tertiary/aromatic N) is 1. The number of rotatable bonds is 4. The number of hydrogen-bond donors (Lipinski definition) is 2. The maximum absolute atomic E-state index is 12.6. The standard InChI is InChI=1S/C21H21N3O4S2/c1-14-12-20(25)28-19-13-16(6-9-18(14)19)23-21(29)22-15-4-7-17(8-5-15)30(26,27)24-10-2-3-11-24/h4-9,12-13H,2-3,10-11H2,1H3,(H2,22,23,29). The van der Waals surface area contributed by atoms with E-state index in [0.717, 1.165) is 23.8 Å². The molecule has 1 aromatic heterocycles. The smallest absolute Gasteiger partial charge is 0.336 e.